The first-order valence-corrected chi connectivity index (χ1v) is 10.1. The molecule has 1 amide bonds. The lowest BCUT2D eigenvalue weighted by Gasteiger charge is -2.23. The molecule has 0 aliphatic carbocycles. The Hall–Kier alpha value is -2.91. The van der Waals surface area contributed by atoms with E-state index in [2.05, 4.69) is 15.6 Å². The van der Waals surface area contributed by atoms with Crippen LogP contribution >= 0.6 is 11.3 Å². The Bertz CT molecular complexity index is 1030. The fourth-order valence-electron chi connectivity index (χ4n) is 2.90. The van der Waals surface area contributed by atoms with E-state index in [0.29, 0.717) is 18.8 Å². The molecular formula is C21H21F3N4OS. The molecule has 0 radical (unpaired) electrons. The number of nitrogens with two attached hydrogens (primary N) is 1. The molecule has 9 heteroatoms. The lowest BCUT2D eigenvalue weighted by molar-refractivity contribution is 0.101. The maximum Gasteiger partial charge on any atom is 0.263 e. The van der Waals surface area contributed by atoms with Crippen LogP contribution in [0.4, 0.5) is 24.0 Å². The predicted octanol–water partition coefficient (Wildman–Crippen LogP) is 4.51. The number of aromatic nitrogens is 1. The number of hydrogen-bond donors (Lipinski definition) is 3. The summed E-state index contributed by atoms with van der Waals surface area (Å²) in [5.41, 5.74) is 5.78. The van der Waals surface area contributed by atoms with Gasteiger partial charge in [-0.3, -0.25) is 10.1 Å². The average Bonchev–Trinajstić information content (AvgIpc) is 3.15. The number of nitrogens with zero attached hydrogens (tertiary/aromatic N) is 1. The molecule has 3 aromatic rings. The summed E-state index contributed by atoms with van der Waals surface area (Å²) in [6, 6.07) is 8.14. The number of carbonyl (C=O) groups excluding carboxylic acids is 1. The summed E-state index contributed by atoms with van der Waals surface area (Å²) in [6.07, 6.45) is 0. The number of thiazole rings is 1. The van der Waals surface area contributed by atoms with Gasteiger partial charge in [0.05, 0.1) is 5.69 Å². The third kappa shape index (κ3) is 4.63. The van der Waals surface area contributed by atoms with Crippen molar-refractivity contribution < 1.29 is 18.0 Å². The highest BCUT2D eigenvalue weighted by Gasteiger charge is 2.27. The summed E-state index contributed by atoms with van der Waals surface area (Å²) >= 11 is 1.13. The van der Waals surface area contributed by atoms with E-state index in [1.54, 1.807) is 17.5 Å². The van der Waals surface area contributed by atoms with Crippen molar-refractivity contribution in [3.63, 3.8) is 0 Å². The van der Waals surface area contributed by atoms with Crippen molar-refractivity contribution >= 4 is 28.1 Å². The van der Waals surface area contributed by atoms with Crippen LogP contribution in [0.1, 0.15) is 35.5 Å². The topological polar surface area (TPSA) is 80.0 Å². The Labute approximate surface area is 176 Å². The van der Waals surface area contributed by atoms with Gasteiger partial charge in [-0.1, -0.05) is 26.0 Å². The van der Waals surface area contributed by atoms with Crippen molar-refractivity contribution in [2.24, 2.45) is 5.73 Å². The lowest BCUT2D eigenvalue weighted by atomic mass is 9.82. The van der Waals surface area contributed by atoms with Gasteiger partial charge in [0, 0.05) is 29.6 Å². The highest BCUT2D eigenvalue weighted by molar-refractivity contribution is 7.14. The molecule has 2 aromatic carbocycles. The molecular weight excluding hydrogens is 413 g/mol. The zero-order valence-corrected chi connectivity index (χ0v) is 17.2. The van der Waals surface area contributed by atoms with Crippen LogP contribution in [-0.4, -0.2) is 24.0 Å². The molecule has 0 aliphatic heterocycles. The van der Waals surface area contributed by atoms with Gasteiger partial charge < -0.3 is 11.1 Å². The monoisotopic (exact) mass is 434 g/mol. The van der Waals surface area contributed by atoms with E-state index in [1.807, 2.05) is 13.8 Å². The van der Waals surface area contributed by atoms with Gasteiger partial charge in [0.25, 0.3) is 5.91 Å². The van der Waals surface area contributed by atoms with E-state index in [4.69, 9.17) is 5.73 Å². The number of halogens is 3. The molecule has 4 N–H and O–H groups in total. The molecule has 0 bridgehead atoms. The molecule has 0 saturated carbocycles. The van der Waals surface area contributed by atoms with Gasteiger partial charge in [-0.25, -0.2) is 18.2 Å². The number of rotatable bonds is 7. The van der Waals surface area contributed by atoms with Crippen molar-refractivity contribution in [1.29, 1.82) is 0 Å². The zero-order chi connectivity index (χ0) is 21.9. The molecule has 0 spiro atoms. The minimum Gasteiger partial charge on any atom is -0.384 e. The van der Waals surface area contributed by atoms with Gasteiger partial charge in [-0.15, -0.1) is 11.3 Å². The molecule has 0 saturated heterocycles. The molecule has 0 atom stereocenters. The largest absolute Gasteiger partial charge is 0.384 e. The highest BCUT2D eigenvalue weighted by atomic mass is 32.1. The molecule has 0 unspecified atom stereocenters. The lowest BCUT2D eigenvalue weighted by Crippen LogP contribution is -2.20. The number of amides is 1. The Morgan fingerprint density at radius 2 is 1.77 bits per heavy atom. The SMILES string of the molecule is CC(C)(c1ccc(F)cc1)c1csc(NC(=O)c2c(F)cc(NCCN)cc2F)n1. The predicted molar refractivity (Wildman–Crippen MR) is 112 cm³/mol. The Balaban J connectivity index is 1.79. The van der Waals surface area contributed by atoms with E-state index < -0.39 is 28.5 Å². The van der Waals surface area contributed by atoms with E-state index in [-0.39, 0.29) is 16.6 Å². The van der Waals surface area contributed by atoms with Crippen LogP contribution in [0.2, 0.25) is 0 Å². The number of nitrogens with one attached hydrogen (secondary N) is 2. The van der Waals surface area contributed by atoms with Crippen LogP contribution < -0.4 is 16.4 Å². The molecule has 30 heavy (non-hydrogen) atoms. The fraction of sp³-hybridized carbons (Fsp3) is 0.238. The second-order valence-corrected chi connectivity index (χ2v) is 8.01. The van der Waals surface area contributed by atoms with Crippen molar-refractivity contribution in [3.05, 3.63) is 76.1 Å². The first-order valence-electron chi connectivity index (χ1n) is 9.18. The summed E-state index contributed by atoms with van der Waals surface area (Å²) in [7, 11) is 0. The Morgan fingerprint density at radius 1 is 1.13 bits per heavy atom. The molecule has 158 valence electrons. The third-order valence-corrected chi connectivity index (χ3v) is 5.43. The van der Waals surface area contributed by atoms with Crippen molar-refractivity contribution in [3.8, 4) is 0 Å². The number of anilines is 2. The fourth-order valence-corrected chi connectivity index (χ4v) is 3.77. The molecule has 0 fully saturated rings. The molecule has 1 heterocycles. The second-order valence-electron chi connectivity index (χ2n) is 7.15. The minimum absolute atomic E-state index is 0.199. The molecule has 0 aliphatic rings. The Kier molecular flexibility index (Phi) is 6.42. The summed E-state index contributed by atoms with van der Waals surface area (Å²) in [5.74, 6) is -3.25. The standard InChI is InChI=1S/C21H21F3N4OS/c1-21(2,12-3-5-13(22)6-4-12)17-11-30-20(27-17)28-19(29)18-15(23)9-14(10-16(18)24)26-8-7-25/h3-6,9-11,26H,7-8,25H2,1-2H3,(H,27,28,29). The van der Waals surface area contributed by atoms with Gasteiger partial charge in [-0.05, 0) is 29.8 Å². The van der Waals surface area contributed by atoms with Gasteiger partial charge in [-0.2, -0.15) is 0 Å². The van der Waals surface area contributed by atoms with E-state index in [9.17, 15) is 18.0 Å². The molecule has 5 nitrogen and oxygen atoms in total. The molecule has 3 rings (SSSR count). The van der Waals surface area contributed by atoms with Gasteiger partial charge in [0.2, 0.25) is 0 Å². The van der Waals surface area contributed by atoms with Crippen LogP contribution in [0.25, 0.3) is 0 Å². The maximum atomic E-state index is 14.3. The van der Waals surface area contributed by atoms with Gasteiger partial charge in [0.1, 0.15) is 23.0 Å². The van der Waals surface area contributed by atoms with E-state index in [1.165, 1.54) is 12.1 Å². The quantitative estimate of drug-likeness (QED) is 0.511. The van der Waals surface area contributed by atoms with Crippen LogP contribution in [0.5, 0.6) is 0 Å². The second kappa shape index (κ2) is 8.85. The number of hydrogen-bond acceptors (Lipinski definition) is 5. The summed E-state index contributed by atoms with van der Waals surface area (Å²) in [4.78, 5) is 16.8. The first-order chi connectivity index (χ1) is 14.2. The summed E-state index contributed by atoms with van der Waals surface area (Å²) in [6.45, 7) is 4.46. The van der Waals surface area contributed by atoms with Crippen LogP contribution in [0.15, 0.2) is 41.8 Å². The third-order valence-electron chi connectivity index (χ3n) is 4.67. The zero-order valence-electron chi connectivity index (χ0n) is 16.4. The van der Waals surface area contributed by atoms with Crippen LogP contribution in [0, 0.1) is 17.5 Å². The average molecular weight is 434 g/mol. The Morgan fingerprint density at radius 3 is 2.37 bits per heavy atom. The normalized spacial score (nSPS) is 11.4. The van der Waals surface area contributed by atoms with Gasteiger partial charge >= 0.3 is 0 Å². The van der Waals surface area contributed by atoms with Crippen molar-refractivity contribution in [2.45, 2.75) is 19.3 Å². The minimum atomic E-state index is -0.990. The number of carbonyl (C=O) groups is 1. The summed E-state index contributed by atoms with van der Waals surface area (Å²) in [5, 5.41) is 7.15. The molecule has 1 aromatic heterocycles. The summed E-state index contributed by atoms with van der Waals surface area (Å²) < 4.78 is 41.8. The maximum absolute atomic E-state index is 14.3. The number of benzene rings is 2. The van der Waals surface area contributed by atoms with Gasteiger partial charge in [0.15, 0.2) is 5.13 Å². The van der Waals surface area contributed by atoms with E-state index in [0.717, 1.165) is 29.0 Å². The highest BCUT2D eigenvalue weighted by Crippen LogP contribution is 2.33. The van der Waals surface area contributed by atoms with E-state index >= 15 is 0 Å². The van der Waals surface area contributed by atoms with Crippen molar-refractivity contribution in [1.82, 2.24) is 4.98 Å². The van der Waals surface area contributed by atoms with Crippen LogP contribution in [-0.2, 0) is 5.41 Å². The van der Waals surface area contributed by atoms with Crippen LogP contribution in [0.3, 0.4) is 0 Å². The first kappa shape index (κ1) is 21.8. The van der Waals surface area contributed by atoms with Crippen molar-refractivity contribution in [2.75, 3.05) is 23.7 Å². The smallest absolute Gasteiger partial charge is 0.263 e.